The molecular weight excluding hydrogens is 337 g/mol. The Morgan fingerprint density at radius 3 is 2.38 bits per heavy atom. The zero-order valence-electron chi connectivity index (χ0n) is 12.7. The molecule has 1 amide bonds. The summed E-state index contributed by atoms with van der Waals surface area (Å²) in [6, 6.07) is 1.89. The Balaban J connectivity index is 2.12. The summed E-state index contributed by atoms with van der Waals surface area (Å²) < 4.78 is 55.8. The third-order valence-corrected chi connectivity index (χ3v) is 4.92. The topological polar surface area (TPSA) is 75.7 Å². The summed E-state index contributed by atoms with van der Waals surface area (Å²) >= 11 is 0. The zero-order chi connectivity index (χ0) is 17.7. The molecule has 1 N–H and O–H groups in total. The Labute approximate surface area is 140 Å². The van der Waals surface area contributed by atoms with Gasteiger partial charge in [-0.25, -0.2) is 0 Å². The van der Waals surface area contributed by atoms with E-state index < -0.39 is 27.6 Å². The van der Waals surface area contributed by atoms with E-state index in [9.17, 15) is 22.0 Å². The molecule has 13 heteroatoms. The van der Waals surface area contributed by atoms with E-state index >= 15 is 0 Å². The fourth-order valence-electron chi connectivity index (χ4n) is 2.18. The Hall–Kier alpha value is -1.64. The SMILES string of the molecule is B=BB=BOC(=O)Nc1cc(F)c(N2CCS(=O)(=O)CC2)c(F)c1. The fraction of sp³-hybridized carbons (Fsp3) is 0.364. The van der Waals surface area contributed by atoms with Crippen LogP contribution in [0.15, 0.2) is 12.1 Å². The third-order valence-electron chi connectivity index (χ3n) is 3.31. The van der Waals surface area contributed by atoms with Crippen molar-refractivity contribution < 1.29 is 26.6 Å². The molecule has 1 heterocycles. The molecular formula is C11H12B4F2N2O4S. The molecule has 1 fully saturated rings. The predicted molar refractivity (Wildman–Crippen MR) is 91.7 cm³/mol. The molecule has 24 heavy (non-hydrogen) atoms. The van der Waals surface area contributed by atoms with Crippen LogP contribution < -0.4 is 10.2 Å². The fourth-order valence-corrected chi connectivity index (χ4v) is 3.38. The number of carbonyl (C=O) groups is 1. The van der Waals surface area contributed by atoms with Gasteiger partial charge in [0.1, 0.15) is 0 Å². The summed E-state index contributed by atoms with van der Waals surface area (Å²) in [7, 11) is 1.30. The van der Waals surface area contributed by atoms with E-state index in [1.165, 1.54) is 18.3 Å². The van der Waals surface area contributed by atoms with Crippen molar-refractivity contribution in [3.8, 4) is 0 Å². The molecule has 0 bridgehead atoms. The van der Waals surface area contributed by atoms with Gasteiger partial charge in [0.2, 0.25) is 0 Å². The van der Waals surface area contributed by atoms with Gasteiger partial charge in [0.15, 0.2) is 0 Å². The molecule has 0 atom stereocenters. The van der Waals surface area contributed by atoms with Gasteiger partial charge in [0, 0.05) is 0 Å². The number of nitrogens with one attached hydrogen (secondary N) is 1. The number of halogens is 2. The molecule has 1 aromatic rings. The van der Waals surface area contributed by atoms with E-state index in [-0.39, 0.29) is 36.0 Å². The first-order valence-corrected chi connectivity index (χ1v) is 8.84. The van der Waals surface area contributed by atoms with Gasteiger partial charge in [-0.05, 0) is 0 Å². The number of sulfone groups is 1. The third kappa shape index (κ3) is 4.93. The van der Waals surface area contributed by atoms with Crippen molar-refractivity contribution in [2.75, 3.05) is 34.8 Å². The summed E-state index contributed by atoms with van der Waals surface area (Å²) in [4.78, 5) is 12.8. The first kappa shape index (κ1) is 18.7. The number of benzene rings is 1. The van der Waals surface area contributed by atoms with Crippen molar-refractivity contribution in [3.63, 3.8) is 0 Å². The van der Waals surface area contributed by atoms with Crippen molar-refractivity contribution in [3.05, 3.63) is 23.8 Å². The summed E-state index contributed by atoms with van der Waals surface area (Å²) in [5.41, 5.74) is -0.425. The van der Waals surface area contributed by atoms with Crippen LogP contribution in [0.1, 0.15) is 0 Å². The van der Waals surface area contributed by atoms with Gasteiger partial charge in [-0.1, -0.05) is 0 Å². The molecule has 6 nitrogen and oxygen atoms in total. The second kappa shape index (κ2) is 7.96. The van der Waals surface area contributed by atoms with Gasteiger partial charge in [0.25, 0.3) is 0 Å². The van der Waals surface area contributed by atoms with Gasteiger partial charge in [0.05, 0.1) is 0 Å². The molecule has 0 saturated carbocycles. The van der Waals surface area contributed by atoms with Crippen molar-refractivity contribution in [1.29, 1.82) is 0 Å². The van der Waals surface area contributed by atoms with Crippen molar-refractivity contribution in [2.24, 2.45) is 0 Å². The normalized spacial score (nSPS) is 16.0. The van der Waals surface area contributed by atoms with Crippen LogP contribution in [0.5, 0.6) is 0 Å². The number of hydrogen-bond acceptors (Lipinski definition) is 5. The predicted octanol–water partition coefficient (Wildman–Crippen LogP) is -0.579. The summed E-state index contributed by atoms with van der Waals surface area (Å²) in [5, 5.41) is 2.18. The van der Waals surface area contributed by atoms with Crippen LogP contribution in [0.4, 0.5) is 25.0 Å². The maximum absolute atomic E-state index is 14.2. The van der Waals surface area contributed by atoms with Gasteiger partial charge in [-0.15, -0.1) is 0 Å². The molecule has 0 radical (unpaired) electrons. The molecule has 0 unspecified atom stereocenters. The van der Waals surface area contributed by atoms with Crippen LogP contribution in [0.2, 0.25) is 0 Å². The average Bonchev–Trinajstić information content (AvgIpc) is 2.48. The second-order valence-corrected chi connectivity index (χ2v) is 7.33. The molecule has 1 aromatic carbocycles. The van der Waals surface area contributed by atoms with Crippen LogP contribution >= 0.6 is 0 Å². The van der Waals surface area contributed by atoms with Crippen LogP contribution in [0, 0.1) is 11.6 Å². The molecule has 1 aliphatic rings. The number of anilines is 2. The van der Waals surface area contributed by atoms with E-state index in [0.29, 0.717) is 0 Å². The number of hydrogen-bond donors (Lipinski definition) is 1. The maximum atomic E-state index is 14.2. The van der Waals surface area contributed by atoms with Crippen LogP contribution in [0.3, 0.4) is 0 Å². The molecule has 122 valence electrons. The molecule has 0 aromatic heterocycles. The second-order valence-electron chi connectivity index (χ2n) is 5.02. The van der Waals surface area contributed by atoms with E-state index in [2.05, 4.69) is 17.3 Å². The number of amides is 1. The van der Waals surface area contributed by atoms with Crippen LogP contribution in [-0.2, 0) is 14.5 Å². The molecule has 0 aliphatic carbocycles. The summed E-state index contributed by atoms with van der Waals surface area (Å²) in [6.45, 7) is 2.78. The molecule has 1 aliphatic heterocycles. The Bertz CT molecular complexity index is 753. The van der Waals surface area contributed by atoms with E-state index in [1.54, 1.807) is 0 Å². The average molecular weight is 350 g/mol. The van der Waals surface area contributed by atoms with E-state index in [0.717, 1.165) is 19.1 Å². The standard InChI is InChI=1S/C11H12B4F2N2O4S/c12-13-14-15-23-11(20)18-7-5-8(16)10(9(17)6-7)19-1-3-24(21,22)4-2-19/h5-6,12H,1-4H2,(H,18,20). The van der Waals surface area contributed by atoms with Gasteiger partial charge >= 0.3 is 140 Å². The quantitative estimate of drug-likeness (QED) is 0.736. The first-order valence-electron chi connectivity index (χ1n) is 7.02. The van der Waals surface area contributed by atoms with E-state index in [1.807, 2.05) is 0 Å². The molecule has 0 spiro atoms. The Morgan fingerprint density at radius 1 is 1.25 bits per heavy atom. The Kier molecular flexibility index (Phi) is 6.20. The van der Waals surface area contributed by atoms with Gasteiger partial charge in [-0.3, -0.25) is 0 Å². The van der Waals surface area contributed by atoms with Gasteiger partial charge < -0.3 is 0 Å². The summed E-state index contributed by atoms with van der Waals surface area (Å²) in [6.07, 6.45) is -0.913. The molecule has 2 rings (SSSR count). The van der Waals surface area contributed by atoms with Crippen molar-refractivity contribution in [1.82, 2.24) is 0 Å². The number of carbonyl (C=O) groups excluding carboxylic acids is 1. The Morgan fingerprint density at radius 2 is 1.83 bits per heavy atom. The molecule has 1 saturated heterocycles. The van der Waals surface area contributed by atoms with Crippen LogP contribution in [0.25, 0.3) is 0 Å². The first-order chi connectivity index (χ1) is 11.3. The van der Waals surface area contributed by atoms with Crippen LogP contribution in [-0.4, -0.2) is 66.9 Å². The number of nitrogens with zero attached hydrogens (tertiary/aromatic N) is 1. The van der Waals surface area contributed by atoms with E-state index in [4.69, 9.17) is 0 Å². The minimum absolute atomic E-state index is 0.0112. The van der Waals surface area contributed by atoms with Gasteiger partial charge in [-0.2, -0.15) is 0 Å². The van der Waals surface area contributed by atoms with Crippen molar-refractivity contribution in [2.45, 2.75) is 0 Å². The minimum atomic E-state index is -3.16. The summed E-state index contributed by atoms with van der Waals surface area (Å²) in [5.74, 6) is -2.11. The zero-order valence-corrected chi connectivity index (χ0v) is 13.5. The monoisotopic (exact) mass is 350 g/mol. The van der Waals surface area contributed by atoms with Crippen molar-refractivity contribution >= 4 is 55.1 Å². The number of rotatable bonds is 4.